The molecule has 1 amide bonds. The summed E-state index contributed by atoms with van der Waals surface area (Å²) in [4.78, 5) is 14.5. The SMILES string of the molecule is CCC1CCC2(CC1)S[C@H](C)C(=O)N2c1ccc(F)cc1. The van der Waals surface area contributed by atoms with Crippen LogP contribution in [0.25, 0.3) is 0 Å². The first-order valence-electron chi connectivity index (χ1n) is 7.83. The molecule has 2 nitrogen and oxygen atoms in total. The molecule has 3 rings (SSSR count). The van der Waals surface area contributed by atoms with Crippen LogP contribution in [0, 0.1) is 11.7 Å². The normalized spacial score (nSPS) is 32.9. The summed E-state index contributed by atoms with van der Waals surface area (Å²) in [6, 6.07) is 6.36. The number of benzene rings is 1. The van der Waals surface area contributed by atoms with E-state index >= 15 is 0 Å². The highest BCUT2D eigenvalue weighted by atomic mass is 32.2. The average molecular weight is 307 g/mol. The van der Waals surface area contributed by atoms with Gasteiger partial charge >= 0.3 is 0 Å². The lowest BCUT2D eigenvalue weighted by atomic mass is 9.83. The molecule has 0 bridgehead atoms. The molecule has 0 aromatic heterocycles. The Kier molecular flexibility index (Phi) is 4.00. The number of halogens is 1. The van der Waals surface area contributed by atoms with Crippen LogP contribution in [0.1, 0.15) is 46.0 Å². The highest BCUT2D eigenvalue weighted by molar-refractivity contribution is 8.02. The van der Waals surface area contributed by atoms with Crippen LogP contribution in [0.15, 0.2) is 24.3 Å². The van der Waals surface area contributed by atoms with Gasteiger partial charge in [-0.1, -0.05) is 13.3 Å². The largest absolute Gasteiger partial charge is 0.296 e. The molecular formula is C17H22FNOS. The fourth-order valence-corrected chi connectivity index (χ4v) is 5.28. The number of amides is 1. The minimum atomic E-state index is -0.255. The standard InChI is InChI=1S/C17H22FNOS/c1-3-13-8-10-17(11-9-13)19(16(20)12(2)21-17)15-6-4-14(18)5-7-15/h4-7,12-13H,3,8-11H2,1-2H3/t12-,13?,17?/m1/s1. The molecule has 0 radical (unpaired) electrons. The van der Waals surface area contributed by atoms with Gasteiger partial charge in [0.15, 0.2) is 0 Å². The molecule has 0 N–H and O–H groups in total. The number of anilines is 1. The van der Waals surface area contributed by atoms with Crippen molar-refractivity contribution in [1.29, 1.82) is 0 Å². The third-order valence-electron chi connectivity index (χ3n) is 4.92. The Hall–Kier alpha value is -1.03. The average Bonchev–Trinajstić information content (AvgIpc) is 2.72. The van der Waals surface area contributed by atoms with Gasteiger partial charge in [-0.05, 0) is 62.8 Å². The van der Waals surface area contributed by atoms with Gasteiger partial charge in [0.05, 0.1) is 10.1 Å². The van der Waals surface area contributed by atoms with E-state index in [1.54, 1.807) is 23.9 Å². The van der Waals surface area contributed by atoms with Gasteiger partial charge < -0.3 is 0 Å². The third-order valence-corrected chi connectivity index (χ3v) is 6.51. The maximum Gasteiger partial charge on any atom is 0.241 e. The van der Waals surface area contributed by atoms with E-state index in [2.05, 4.69) is 6.92 Å². The quantitative estimate of drug-likeness (QED) is 0.796. The molecule has 1 atom stereocenters. The van der Waals surface area contributed by atoms with Crippen molar-refractivity contribution in [1.82, 2.24) is 0 Å². The molecule has 1 spiro atoms. The smallest absolute Gasteiger partial charge is 0.241 e. The molecule has 1 aliphatic heterocycles. The Balaban J connectivity index is 1.91. The van der Waals surface area contributed by atoms with Gasteiger partial charge in [-0.25, -0.2) is 4.39 Å². The van der Waals surface area contributed by atoms with Crippen LogP contribution in [-0.4, -0.2) is 16.0 Å². The first kappa shape index (κ1) is 14.9. The minimum absolute atomic E-state index is 0.00627. The fourth-order valence-electron chi connectivity index (χ4n) is 3.65. The molecule has 1 aliphatic carbocycles. The van der Waals surface area contributed by atoms with Gasteiger partial charge in [0.2, 0.25) is 5.91 Å². The number of hydrogen-bond donors (Lipinski definition) is 0. The zero-order chi connectivity index (χ0) is 15.0. The number of rotatable bonds is 2. The van der Waals surface area contributed by atoms with E-state index in [9.17, 15) is 9.18 Å². The molecule has 0 unspecified atom stereocenters. The molecule has 1 aromatic rings. The van der Waals surface area contributed by atoms with E-state index in [4.69, 9.17) is 0 Å². The maximum absolute atomic E-state index is 13.2. The Labute approximate surface area is 130 Å². The molecule has 1 aromatic carbocycles. The topological polar surface area (TPSA) is 20.3 Å². The van der Waals surface area contributed by atoms with Crippen molar-refractivity contribution < 1.29 is 9.18 Å². The predicted octanol–water partition coefficient (Wildman–Crippen LogP) is 4.59. The number of carbonyl (C=O) groups excluding carboxylic acids is 1. The van der Waals surface area contributed by atoms with Gasteiger partial charge in [0.1, 0.15) is 5.82 Å². The van der Waals surface area contributed by atoms with Gasteiger partial charge in [0, 0.05) is 5.69 Å². The number of carbonyl (C=O) groups is 1. The molecule has 21 heavy (non-hydrogen) atoms. The molecule has 2 aliphatic rings. The second kappa shape index (κ2) is 5.64. The lowest BCUT2D eigenvalue weighted by molar-refractivity contribution is -0.118. The summed E-state index contributed by atoms with van der Waals surface area (Å²) in [5, 5.41) is -0.00627. The highest BCUT2D eigenvalue weighted by Crippen LogP contribution is 2.53. The highest BCUT2D eigenvalue weighted by Gasteiger charge is 2.51. The Bertz CT molecular complexity index is 522. The van der Waals surface area contributed by atoms with Crippen LogP contribution < -0.4 is 4.90 Å². The Morgan fingerprint density at radius 1 is 1.29 bits per heavy atom. The monoisotopic (exact) mass is 307 g/mol. The van der Waals surface area contributed by atoms with Gasteiger partial charge in [-0.3, -0.25) is 9.69 Å². The van der Waals surface area contributed by atoms with Crippen LogP contribution in [0.5, 0.6) is 0 Å². The Morgan fingerprint density at radius 3 is 2.48 bits per heavy atom. The second-order valence-corrected chi connectivity index (χ2v) is 7.91. The van der Waals surface area contributed by atoms with Crippen molar-refractivity contribution in [3.8, 4) is 0 Å². The van der Waals surface area contributed by atoms with Crippen LogP contribution >= 0.6 is 11.8 Å². The predicted molar refractivity (Wildman–Crippen MR) is 85.9 cm³/mol. The lowest BCUT2D eigenvalue weighted by Crippen LogP contribution is -2.47. The summed E-state index contributed by atoms with van der Waals surface area (Å²) >= 11 is 1.80. The molecular weight excluding hydrogens is 285 g/mol. The first-order chi connectivity index (χ1) is 10.1. The van der Waals surface area contributed by atoms with Crippen LogP contribution in [0.3, 0.4) is 0 Å². The minimum Gasteiger partial charge on any atom is -0.296 e. The van der Waals surface area contributed by atoms with Crippen molar-refractivity contribution in [2.45, 2.75) is 56.1 Å². The first-order valence-corrected chi connectivity index (χ1v) is 8.71. The fraction of sp³-hybridized carbons (Fsp3) is 0.588. The van der Waals surface area contributed by atoms with E-state index in [0.29, 0.717) is 0 Å². The molecule has 4 heteroatoms. The second-order valence-electron chi connectivity index (χ2n) is 6.21. The molecule has 1 heterocycles. The van der Waals surface area contributed by atoms with E-state index < -0.39 is 0 Å². The van der Waals surface area contributed by atoms with Gasteiger partial charge in [0.25, 0.3) is 0 Å². The van der Waals surface area contributed by atoms with E-state index in [-0.39, 0.29) is 21.8 Å². The zero-order valence-electron chi connectivity index (χ0n) is 12.6. The van der Waals surface area contributed by atoms with Crippen molar-refractivity contribution in [2.75, 3.05) is 4.90 Å². The number of thioether (sulfide) groups is 1. The summed E-state index contributed by atoms with van der Waals surface area (Å²) in [6.07, 6.45) is 5.68. The van der Waals surface area contributed by atoms with Gasteiger partial charge in [-0.15, -0.1) is 11.8 Å². The van der Waals surface area contributed by atoms with Gasteiger partial charge in [-0.2, -0.15) is 0 Å². The number of hydrogen-bond acceptors (Lipinski definition) is 2. The summed E-state index contributed by atoms with van der Waals surface area (Å²) in [6.45, 7) is 4.24. The van der Waals surface area contributed by atoms with E-state index in [1.807, 2.05) is 11.8 Å². The van der Waals surface area contributed by atoms with Crippen molar-refractivity contribution in [2.24, 2.45) is 5.92 Å². The van der Waals surface area contributed by atoms with Crippen molar-refractivity contribution in [3.63, 3.8) is 0 Å². The molecule has 114 valence electrons. The Morgan fingerprint density at radius 2 is 1.90 bits per heavy atom. The third kappa shape index (κ3) is 2.59. The van der Waals surface area contributed by atoms with E-state index in [1.165, 1.54) is 31.4 Å². The van der Waals surface area contributed by atoms with Crippen molar-refractivity contribution in [3.05, 3.63) is 30.1 Å². The lowest BCUT2D eigenvalue weighted by Gasteiger charge is -2.42. The summed E-state index contributed by atoms with van der Waals surface area (Å²) in [5.74, 6) is 0.702. The van der Waals surface area contributed by atoms with Crippen molar-refractivity contribution >= 4 is 23.4 Å². The van der Waals surface area contributed by atoms with E-state index in [0.717, 1.165) is 24.4 Å². The molecule has 2 fully saturated rings. The summed E-state index contributed by atoms with van der Waals surface area (Å²) in [5.41, 5.74) is 0.841. The maximum atomic E-state index is 13.2. The van der Waals surface area contributed by atoms with Crippen LogP contribution in [0.2, 0.25) is 0 Å². The van der Waals surface area contributed by atoms with Crippen LogP contribution in [0.4, 0.5) is 10.1 Å². The molecule has 1 saturated carbocycles. The number of nitrogens with zero attached hydrogens (tertiary/aromatic N) is 1. The summed E-state index contributed by atoms with van der Waals surface area (Å²) in [7, 11) is 0. The summed E-state index contributed by atoms with van der Waals surface area (Å²) < 4.78 is 13.2. The zero-order valence-corrected chi connectivity index (χ0v) is 13.5. The molecule has 1 saturated heterocycles. The van der Waals surface area contributed by atoms with Crippen LogP contribution in [-0.2, 0) is 4.79 Å².